The standard InChI is InChI=1S/C12H18O2Se.BH3/c1-11(2,13)12(3,4)14-15-10-8-6-5-7-9-10;/h5-9,13H,1-4H3;1H3. The quantitative estimate of drug-likeness (QED) is 0.808. The Labute approximate surface area is 106 Å². The molecule has 16 heavy (non-hydrogen) atoms. The van der Waals surface area contributed by atoms with Gasteiger partial charge in [-0.2, -0.15) is 0 Å². The zero-order valence-electron chi connectivity index (χ0n) is 9.65. The summed E-state index contributed by atoms with van der Waals surface area (Å²) in [6, 6.07) is 10.1. The zero-order chi connectivity index (χ0) is 11.5. The van der Waals surface area contributed by atoms with Gasteiger partial charge in [-0.25, -0.2) is 0 Å². The topological polar surface area (TPSA) is 29.5 Å². The molecule has 4 heteroatoms. The fraction of sp³-hybridized carbons (Fsp3) is 0.500. The summed E-state index contributed by atoms with van der Waals surface area (Å²) >= 11 is -0.0508. The molecular formula is C12H21BO2Se. The molecule has 0 amide bonds. The van der Waals surface area contributed by atoms with Gasteiger partial charge >= 0.3 is 97.9 Å². The summed E-state index contributed by atoms with van der Waals surface area (Å²) in [5, 5.41) is 9.91. The third kappa shape index (κ3) is 4.30. The van der Waals surface area contributed by atoms with Crippen LogP contribution in [-0.4, -0.2) is 40.0 Å². The zero-order valence-corrected chi connectivity index (χ0v) is 11.4. The van der Waals surface area contributed by atoms with Crippen LogP contribution in [0.15, 0.2) is 30.3 Å². The summed E-state index contributed by atoms with van der Waals surface area (Å²) in [5.41, 5.74) is -1.35. The molecule has 90 valence electrons. The van der Waals surface area contributed by atoms with Crippen LogP contribution in [0, 0.1) is 0 Å². The van der Waals surface area contributed by atoms with E-state index in [1.807, 2.05) is 44.2 Å². The molecule has 0 aliphatic heterocycles. The Morgan fingerprint density at radius 1 is 1.06 bits per heavy atom. The molecule has 0 atom stereocenters. The summed E-state index contributed by atoms with van der Waals surface area (Å²) in [4.78, 5) is 0. The van der Waals surface area contributed by atoms with E-state index in [1.165, 1.54) is 4.46 Å². The Balaban J connectivity index is 0.00000225. The molecule has 0 radical (unpaired) electrons. The van der Waals surface area contributed by atoms with E-state index in [2.05, 4.69) is 0 Å². The van der Waals surface area contributed by atoms with Crippen molar-refractivity contribution in [3.8, 4) is 0 Å². The van der Waals surface area contributed by atoms with Crippen LogP contribution in [0.25, 0.3) is 0 Å². The Kier molecular flexibility index (Phi) is 5.78. The van der Waals surface area contributed by atoms with Gasteiger partial charge in [-0.05, 0) is 0 Å². The molecule has 0 bridgehead atoms. The molecule has 0 saturated carbocycles. The average Bonchev–Trinajstić information content (AvgIpc) is 2.15. The summed E-state index contributed by atoms with van der Waals surface area (Å²) in [5.74, 6) is 0. The molecule has 0 heterocycles. The average molecular weight is 287 g/mol. The fourth-order valence-corrected chi connectivity index (χ4v) is 2.36. The number of aliphatic hydroxyl groups is 1. The van der Waals surface area contributed by atoms with E-state index in [0.29, 0.717) is 0 Å². The first-order chi connectivity index (χ1) is 6.83. The molecule has 0 aromatic heterocycles. The van der Waals surface area contributed by atoms with Crippen molar-refractivity contribution in [2.24, 2.45) is 0 Å². The second kappa shape index (κ2) is 5.88. The predicted octanol–water partition coefficient (Wildman–Crippen LogP) is 0.313. The minimum atomic E-state index is -0.830. The summed E-state index contributed by atoms with van der Waals surface area (Å²) < 4.78 is 6.98. The third-order valence-electron chi connectivity index (χ3n) is 2.56. The first-order valence-electron chi connectivity index (χ1n) is 4.96. The molecule has 1 N–H and O–H groups in total. The van der Waals surface area contributed by atoms with Crippen LogP contribution in [0.5, 0.6) is 0 Å². The van der Waals surface area contributed by atoms with E-state index in [4.69, 9.17) is 3.82 Å². The first kappa shape index (κ1) is 15.7. The van der Waals surface area contributed by atoms with Crippen molar-refractivity contribution in [2.45, 2.75) is 38.9 Å². The maximum atomic E-state index is 9.91. The van der Waals surface area contributed by atoms with Crippen molar-refractivity contribution in [1.82, 2.24) is 0 Å². The monoisotopic (exact) mass is 288 g/mol. The normalized spacial score (nSPS) is 12.1. The van der Waals surface area contributed by atoms with E-state index >= 15 is 0 Å². The van der Waals surface area contributed by atoms with Crippen molar-refractivity contribution in [1.29, 1.82) is 0 Å². The maximum absolute atomic E-state index is 9.91. The Morgan fingerprint density at radius 3 is 2.00 bits per heavy atom. The molecule has 0 saturated heterocycles. The number of benzene rings is 1. The van der Waals surface area contributed by atoms with Gasteiger partial charge < -0.3 is 0 Å². The van der Waals surface area contributed by atoms with Crippen LogP contribution in [0.2, 0.25) is 0 Å². The molecule has 0 aliphatic rings. The van der Waals surface area contributed by atoms with Crippen LogP contribution in [0.3, 0.4) is 0 Å². The van der Waals surface area contributed by atoms with Crippen LogP contribution in [0.1, 0.15) is 27.7 Å². The molecule has 0 spiro atoms. The Morgan fingerprint density at radius 2 is 1.56 bits per heavy atom. The van der Waals surface area contributed by atoms with Gasteiger partial charge in [-0.15, -0.1) is 0 Å². The molecule has 1 aromatic carbocycles. The van der Waals surface area contributed by atoms with Crippen LogP contribution < -0.4 is 4.46 Å². The van der Waals surface area contributed by atoms with E-state index in [-0.39, 0.29) is 23.7 Å². The Hall–Kier alpha value is -0.276. The van der Waals surface area contributed by atoms with Crippen molar-refractivity contribution < 1.29 is 8.93 Å². The molecule has 1 aromatic rings. The molecule has 2 nitrogen and oxygen atoms in total. The van der Waals surface area contributed by atoms with Crippen LogP contribution >= 0.6 is 0 Å². The van der Waals surface area contributed by atoms with Crippen LogP contribution in [-0.2, 0) is 3.82 Å². The van der Waals surface area contributed by atoms with Gasteiger partial charge in [0.05, 0.1) is 8.41 Å². The first-order valence-corrected chi connectivity index (χ1v) is 6.52. The van der Waals surface area contributed by atoms with Crippen molar-refractivity contribution in [3.63, 3.8) is 0 Å². The van der Waals surface area contributed by atoms with Gasteiger partial charge in [0.25, 0.3) is 0 Å². The third-order valence-corrected chi connectivity index (χ3v) is 4.59. The van der Waals surface area contributed by atoms with E-state index in [1.54, 1.807) is 13.8 Å². The number of hydrogen-bond acceptors (Lipinski definition) is 2. The van der Waals surface area contributed by atoms with Crippen LogP contribution in [0.4, 0.5) is 0 Å². The van der Waals surface area contributed by atoms with Crippen molar-refractivity contribution >= 4 is 28.2 Å². The SMILES string of the molecule is B.CC(C)(O)C(C)(C)O[Se]c1ccccc1. The fourth-order valence-electron chi connectivity index (χ4n) is 0.730. The molecule has 1 rings (SSSR count). The molecule has 0 fully saturated rings. The minimum absolute atomic E-state index is 0. The summed E-state index contributed by atoms with van der Waals surface area (Å²) in [6.07, 6.45) is 0. The predicted molar refractivity (Wildman–Crippen MR) is 73.2 cm³/mol. The van der Waals surface area contributed by atoms with Crippen molar-refractivity contribution in [2.75, 3.05) is 0 Å². The van der Waals surface area contributed by atoms with Gasteiger partial charge in [-0.1, -0.05) is 0 Å². The molecular weight excluding hydrogens is 266 g/mol. The van der Waals surface area contributed by atoms with Gasteiger partial charge in [0, 0.05) is 0 Å². The second-order valence-corrected chi connectivity index (χ2v) is 6.24. The van der Waals surface area contributed by atoms with E-state index in [0.717, 1.165) is 0 Å². The summed E-state index contributed by atoms with van der Waals surface area (Å²) in [6.45, 7) is 7.37. The van der Waals surface area contributed by atoms with E-state index in [9.17, 15) is 5.11 Å². The van der Waals surface area contributed by atoms with E-state index < -0.39 is 11.2 Å². The van der Waals surface area contributed by atoms with Crippen molar-refractivity contribution in [3.05, 3.63) is 30.3 Å². The number of rotatable bonds is 4. The number of hydrogen-bond donors (Lipinski definition) is 1. The molecule has 0 unspecified atom stereocenters. The van der Waals surface area contributed by atoms with Gasteiger partial charge in [0.2, 0.25) is 0 Å². The van der Waals surface area contributed by atoms with Gasteiger partial charge in [0.1, 0.15) is 0 Å². The second-order valence-electron chi connectivity index (χ2n) is 4.55. The van der Waals surface area contributed by atoms with Gasteiger partial charge in [0.15, 0.2) is 0 Å². The summed E-state index contributed by atoms with van der Waals surface area (Å²) in [7, 11) is 0. The molecule has 0 aliphatic carbocycles. The Bertz CT molecular complexity index is 307. The van der Waals surface area contributed by atoms with Gasteiger partial charge in [-0.3, -0.25) is 0 Å².